The maximum atomic E-state index is 12.7. The van der Waals surface area contributed by atoms with E-state index in [1.54, 1.807) is 0 Å². The molecule has 1 amide bonds. The fourth-order valence-electron chi connectivity index (χ4n) is 9.22. The summed E-state index contributed by atoms with van der Waals surface area (Å²) in [5, 5.41) is 11.1. The number of benzene rings is 2. The van der Waals surface area contributed by atoms with Crippen molar-refractivity contribution in [2.24, 2.45) is 28.1 Å². The molecule has 2 saturated carbocycles. The van der Waals surface area contributed by atoms with E-state index in [1.807, 2.05) is 45.6 Å². The van der Waals surface area contributed by atoms with E-state index in [0.29, 0.717) is 35.3 Å². The average molecular weight is 846 g/mol. The highest BCUT2D eigenvalue weighted by Crippen LogP contribution is 2.66. The van der Waals surface area contributed by atoms with Gasteiger partial charge in [0.15, 0.2) is 0 Å². The van der Waals surface area contributed by atoms with Crippen LogP contribution in [0.3, 0.4) is 0 Å². The van der Waals surface area contributed by atoms with Crippen molar-refractivity contribution in [3.05, 3.63) is 57.6 Å². The number of fused-ring (bicyclic) bond motifs is 2. The van der Waals surface area contributed by atoms with Crippen molar-refractivity contribution in [2.75, 3.05) is 6.54 Å². The lowest BCUT2D eigenvalue weighted by molar-refractivity contribution is -0.167. The van der Waals surface area contributed by atoms with Gasteiger partial charge < -0.3 is 19.5 Å². The van der Waals surface area contributed by atoms with Crippen molar-refractivity contribution >= 4 is 17.8 Å². The number of ether oxygens (including phenoxy) is 2. The minimum atomic E-state index is -0.345. The molecule has 0 radical (unpaired) electrons. The standard InChI is InChI=1S/C28H40O3.C16H28O2.C10H19NO/c1-11-19(4)26(30)31-25-21(13-18(3)15-23(25)28(8,9)10)16-20-12-17(2)14-22(24(20)29)27(5,6)7;1-7-14(2,3)13(17)18-12-10-11-8-9-16(12,6)15(11,4)5;1-3-9(2)11-8-6-4-5-7-10(11)12/h12-15,19,29H,11,16H2,1-10H3;11-12H,7-10H2,1-6H3;9H,3-8H2,1-2H3. The number of esters is 2. The molecule has 7 heteroatoms. The molecule has 0 aromatic heterocycles. The number of amides is 1. The van der Waals surface area contributed by atoms with Crippen LogP contribution in [0.15, 0.2) is 24.3 Å². The maximum absolute atomic E-state index is 12.7. The lowest BCUT2D eigenvalue weighted by atomic mass is 9.70. The van der Waals surface area contributed by atoms with E-state index in [1.165, 1.54) is 25.7 Å². The van der Waals surface area contributed by atoms with Crippen LogP contribution in [-0.4, -0.2) is 46.5 Å². The summed E-state index contributed by atoms with van der Waals surface area (Å²) in [6, 6.07) is 8.71. The molecular weight excluding hydrogens is 759 g/mol. The van der Waals surface area contributed by atoms with Crippen molar-refractivity contribution in [1.82, 2.24) is 4.90 Å². The van der Waals surface area contributed by atoms with E-state index in [4.69, 9.17) is 9.47 Å². The number of carbonyl (C=O) groups is 3. The molecule has 1 saturated heterocycles. The second-order valence-corrected chi connectivity index (χ2v) is 22.4. The number of carbonyl (C=O) groups excluding carboxylic acids is 3. The molecule has 7 nitrogen and oxygen atoms in total. The Morgan fingerprint density at radius 2 is 1.41 bits per heavy atom. The number of likely N-dealkylation sites (tertiary alicyclic amines) is 1. The quantitative estimate of drug-likeness (QED) is 0.189. The molecule has 2 aromatic carbocycles. The van der Waals surface area contributed by atoms with Gasteiger partial charge in [-0.2, -0.15) is 0 Å². The first-order valence-corrected chi connectivity index (χ1v) is 23.7. The minimum Gasteiger partial charge on any atom is -0.507 e. The first-order chi connectivity index (χ1) is 28.0. The fourth-order valence-corrected chi connectivity index (χ4v) is 9.22. The Morgan fingerprint density at radius 1 is 0.836 bits per heavy atom. The van der Waals surface area contributed by atoms with Gasteiger partial charge in [0.05, 0.1) is 11.3 Å². The molecule has 2 aliphatic carbocycles. The van der Waals surface area contributed by atoms with Crippen LogP contribution in [0.2, 0.25) is 0 Å². The van der Waals surface area contributed by atoms with Crippen LogP contribution in [0, 0.1) is 41.9 Å². The highest BCUT2D eigenvalue weighted by Gasteiger charge is 2.63. The summed E-state index contributed by atoms with van der Waals surface area (Å²) >= 11 is 0. The minimum absolute atomic E-state index is 0.0143. The third-order valence-electron chi connectivity index (χ3n) is 15.0. The van der Waals surface area contributed by atoms with Crippen molar-refractivity contribution in [3.8, 4) is 11.5 Å². The van der Waals surface area contributed by atoms with Crippen molar-refractivity contribution < 1.29 is 29.0 Å². The normalized spacial score (nSPS) is 22.3. The summed E-state index contributed by atoms with van der Waals surface area (Å²) in [7, 11) is 0. The molecule has 1 N–H and O–H groups in total. The molecule has 5 unspecified atom stereocenters. The summed E-state index contributed by atoms with van der Waals surface area (Å²) in [5.74, 6) is 1.67. The highest BCUT2D eigenvalue weighted by molar-refractivity contribution is 5.77. The lowest BCUT2D eigenvalue weighted by Gasteiger charge is -2.39. The topological polar surface area (TPSA) is 93.1 Å². The van der Waals surface area contributed by atoms with Gasteiger partial charge in [-0.05, 0) is 125 Å². The van der Waals surface area contributed by atoms with E-state index in [-0.39, 0.29) is 45.6 Å². The van der Waals surface area contributed by atoms with Gasteiger partial charge in [0.2, 0.25) is 5.91 Å². The third-order valence-corrected chi connectivity index (χ3v) is 15.0. The largest absolute Gasteiger partial charge is 0.507 e. The van der Waals surface area contributed by atoms with Crippen LogP contribution in [0.4, 0.5) is 0 Å². The Morgan fingerprint density at radius 3 is 1.90 bits per heavy atom. The smallest absolute Gasteiger partial charge is 0.314 e. The van der Waals surface area contributed by atoms with Gasteiger partial charge in [-0.3, -0.25) is 14.4 Å². The van der Waals surface area contributed by atoms with Crippen LogP contribution < -0.4 is 4.74 Å². The van der Waals surface area contributed by atoms with Crippen LogP contribution in [0.25, 0.3) is 0 Å². The van der Waals surface area contributed by atoms with Gasteiger partial charge in [0.25, 0.3) is 0 Å². The molecule has 1 aliphatic heterocycles. The number of nitrogens with zero attached hydrogens (tertiary/aromatic N) is 1. The summed E-state index contributed by atoms with van der Waals surface area (Å²) in [6.07, 6.45) is 11.1. The summed E-state index contributed by atoms with van der Waals surface area (Å²) < 4.78 is 11.9. The molecule has 5 rings (SSSR count). The van der Waals surface area contributed by atoms with Crippen LogP contribution >= 0.6 is 0 Å². The Kier molecular flexibility index (Phi) is 17.4. The molecular formula is C54H87NO6. The molecule has 1 heterocycles. The van der Waals surface area contributed by atoms with E-state index in [0.717, 1.165) is 84.4 Å². The zero-order chi connectivity index (χ0) is 46.5. The molecule has 5 atom stereocenters. The van der Waals surface area contributed by atoms with Gasteiger partial charge >= 0.3 is 11.9 Å². The summed E-state index contributed by atoms with van der Waals surface area (Å²) in [4.78, 5) is 38.6. The average Bonchev–Trinajstić information content (AvgIpc) is 3.36. The van der Waals surface area contributed by atoms with Crippen LogP contribution in [-0.2, 0) is 36.4 Å². The van der Waals surface area contributed by atoms with Crippen molar-refractivity contribution in [1.29, 1.82) is 0 Å². The summed E-state index contributed by atoms with van der Waals surface area (Å²) in [5.41, 5.74) is 5.77. The molecule has 2 aromatic rings. The van der Waals surface area contributed by atoms with E-state index < -0.39 is 0 Å². The SMILES string of the molecule is CCC(C)(C)C(=O)OC1CC2CCC1(C)C2(C)C.CCC(C)C(=O)Oc1c(Cc2cc(C)cc(C(C)(C)C)c2O)cc(C)cc1C(C)(C)C.CCC(C)N1CCCCCC1=O. The van der Waals surface area contributed by atoms with E-state index in [2.05, 4.69) is 108 Å². The molecule has 0 spiro atoms. The van der Waals surface area contributed by atoms with Crippen LogP contribution in [0.5, 0.6) is 11.5 Å². The second kappa shape index (κ2) is 20.4. The number of rotatable bonds is 10. The second-order valence-electron chi connectivity index (χ2n) is 22.4. The van der Waals surface area contributed by atoms with Gasteiger partial charge in [-0.1, -0.05) is 132 Å². The third kappa shape index (κ3) is 12.4. The predicted octanol–water partition coefficient (Wildman–Crippen LogP) is 13.5. The number of aryl methyl sites for hydroxylation is 2. The van der Waals surface area contributed by atoms with Gasteiger partial charge in [-0.15, -0.1) is 0 Å². The van der Waals surface area contributed by atoms with Gasteiger partial charge in [0, 0.05) is 36.4 Å². The van der Waals surface area contributed by atoms with Crippen molar-refractivity contribution in [3.63, 3.8) is 0 Å². The number of hydrogen-bond donors (Lipinski definition) is 1. The zero-order valence-corrected chi connectivity index (χ0v) is 42.0. The molecule has 61 heavy (non-hydrogen) atoms. The van der Waals surface area contributed by atoms with E-state index >= 15 is 0 Å². The molecule has 344 valence electrons. The molecule has 3 aliphatic rings. The first-order valence-electron chi connectivity index (χ1n) is 23.7. The first kappa shape index (κ1) is 52.0. The summed E-state index contributed by atoms with van der Waals surface area (Å²) in [6.45, 7) is 39.0. The predicted molar refractivity (Wildman–Crippen MR) is 252 cm³/mol. The number of phenols is 1. The fraction of sp³-hybridized carbons (Fsp3) is 0.722. The highest BCUT2D eigenvalue weighted by atomic mass is 16.5. The Labute approximate surface area is 372 Å². The monoisotopic (exact) mass is 846 g/mol. The van der Waals surface area contributed by atoms with E-state index in [9.17, 15) is 19.5 Å². The molecule has 3 fully saturated rings. The maximum Gasteiger partial charge on any atom is 0.314 e. The van der Waals surface area contributed by atoms with Crippen molar-refractivity contribution in [2.45, 2.75) is 218 Å². The number of hydrogen-bond acceptors (Lipinski definition) is 6. The molecule has 2 bridgehead atoms. The van der Waals surface area contributed by atoms with Gasteiger partial charge in [0.1, 0.15) is 17.6 Å². The Balaban J connectivity index is 0.000000276. The number of phenolic OH excluding ortho intramolecular Hbond substituents is 1. The number of aromatic hydroxyl groups is 1. The Hall–Kier alpha value is -3.35. The van der Waals surface area contributed by atoms with Gasteiger partial charge in [-0.25, -0.2) is 0 Å². The lowest BCUT2D eigenvalue weighted by Crippen LogP contribution is -2.40. The Bertz CT molecular complexity index is 1830. The zero-order valence-electron chi connectivity index (χ0n) is 42.0. The van der Waals surface area contributed by atoms with Crippen LogP contribution in [0.1, 0.15) is 208 Å².